The zero-order chi connectivity index (χ0) is 11.4. The van der Waals surface area contributed by atoms with Crippen LogP contribution in [-0.4, -0.2) is 5.25 Å². The Kier molecular flexibility index (Phi) is 15.1. The number of hydrogen-bond acceptors (Lipinski definition) is 2. The van der Waals surface area contributed by atoms with Crippen molar-refractivity contribution in [1.82, 2.24) is 0 Å². The highest BCUT2D eigenvalue weighted by molar-refractivity contribution is 8.78. The molecule has 0 fully saturated rings. The van der Waals surface area contributed by atoms with Gasteiger partial charge in [-0.25, -0.2) is 0 Å². The highest BCUT2D eigenvalue weighted by Gasteiger charge is 1.94. The van der Waals surface area contributed by atoms with Crippen molar-refractivity contribution >= 4 is 21.6 Å². The van der Waals surface area contributed by atoms with Gasteiger partial charge in [-0.15, -0.1) is 0 Å². The summed E-state index contributed by atoms with van der Waals surface area (Å²) in [6, 6.07) is 0. The van der Waals surface area contributed by atoms with Gasteiger partial charge in [0.2, 0.25) is 0 Å². The van der Waals surface area contributed by atoms with Gasteiger partial charge in [0.15, 0.2) is 0 Å². The first-order chi connectivity index (χ1) is 6.66. The summed E-state index contributed by atoms with van der Waals surface area (Å²) >= 11 is 0. The predicted octanol–water partition coefficient (Wildman–Crippen LogP) is 5.45. The molecule has 0 aliphatic rings. The largest absolute Gasteiger partial charge is 0.0877 e. The first-order valence-electron chi connectivity index (χ1n) is 4.98. The topological polar surface area (TPSA) is 0 Å². The molecule has 0 bridgehead atoms. The molecule has 0 aliphatic carbocycles. The van der Waals surface area contributed by atoms with Crippen molar-refractivity contribution in [2.24, 2.45) is 0 Å². The van der Waals surface area contributed by atoms with E-state index in [9.17, 15) is 0 Å². The lowest BCUT2D eigenvalue weighted by Gasteiger charge is -2.01. The Morgan fingerprint density at radius 1 is 1.21 bits per heavy atom. The van der Waals surface area contributed by atoms with Gasteiger partial charge < -0.3 is 0 Å². The van der Waals surface area contributed by atoms with Gasteiger partial charge in [-0.3, -0.25) is 0 Å². The van der Waals surface area contributed by atoms with Crippen LogP contribution in [0.15, 0.2) is 35.8 Å². The SMILES string of the molecule is C=C(/C=C\C=C/C)SSC(C)C.CC. The zero-order valence-electron chi connectivity index (χ0n) is 9.91. The van der Waals surface area contributed by atoms with Crippen molar-refractivity contribution in [1.29, 1.82) is 0 Å². The van der Waals surface area contributed by atoms with Crippen molar-refractivity contribution in [2.45, 2.75) is 39.9 Å². The second-order valence-electron chi connectivity index (χ2n) is 2.58. The molecule has 0 aromatic carbocycles. The van der Waals surface area contributed by atoms with Crippen LogP contribution < -0.4 is 0 Å². The van der Waals surface area contributed by atoms with Gasteiger partial charge in [0, 0.05) is 10.2 Å². The van der Waals surface area contributed by atoms with Crippen molar-refractivity contribution in [3.05, 3.63) is 35.8 Å². The maximum Gasteiger partial charge on any atom is 0.0111 e. The van der Waals surface area contributed by atoms with E-state index in [0.717, 1.165) is 4.91 Å². The van der Waals surface area contributed by atoms with Gasteiger partial charge in [-0.1, -0.05) is 74.1 Å². The third kappa shape index (κ3) is 14.4. The standard InChI is InChI=1S/C10H16S2.C2H6/c1-5-6-7-8-10(4)12-11-9(2)3;1-2/h5-9H,4H2,1-3H3;1-2H3/b6-5-,8-7-;. The third-order valence-corrected chi connectivity index (χ3v) is 3.85. The second-order valence-corrected chi connectivity index (χ2v) is 5.48. The smallest absolute Gasteiger partial charge is 0.0111 e. The van der Waals surface area contributed by atoms with Crippen LogP contribution in [0.5, 0.6) is 0 Å². The molecule has 0 aromatic rings. The molecule has 0 spiro atoms. The molecule has 14 heavy (non-hydrogen) atoms. The van der Waals surface area contributed by atoms with Crippen LogP contribution in [0.2, 0.25) is 0 Å². The first kappa shape index (κ1) is 16.4. The summed E-state index contributed by atoms with van der Waals surface area (Å²) in [7, 11) is 3.58. The minimum Gasteiger partial charge on any atom is -0.0877 e. The van der Waals surface area contributed by atoms with Crippen LogP contribution in [0.1, 0.15) is 34.6 Å². The predicted molar refractivity (Wildman–Crippen MR) is 74.8 cm³/mol. The van der Waals surface area contributed by atoms with Crippen molar-refractivity contribution in [3.63, 3.8) is 0 Å². The van der Waals surface area contributed by atoms with E-state index in [4.69, 9.17) is 0 Å². The van der Waals surface area contributed by atoms with E-state index in [1.54, 1.807) is 10.8 Å². The molecule has 82 valence electrons. The van der Waals surface area contributed by atoms with E-state index in [2.05, 4.69) is 20.4 Å². The Morgan fingerprint density at radius 3 is 2.21 bits per heavy atom. The number of hydrogen-bond donors (Lipinski definition) is 0. The van der Waals surface area contributed by atoms with Crippen LogP contribution in [-0.2, 0) is 0 Å². The highest BCUT2D eigenvalue weighted by atomic mass is 33.1. The summed E-state index contributed by atoms with van der Waals surface area (Å²) in [6.07, 6.45) is 8.05. The second kappa shape index (κ2) is 12.9. The molecule has 0 saturated carbocycles. The minimum atomic E-state index is 0.655. The van der Waals surface area contributed by atoms with Crippen molar-refractivity contribution < 1.29 is 0 Å². The van der Waals surface area contributed by atoms with Crippen LogP contribution >= 0.6 is 21.6 Å². The van der Waals surface area contributed by atoms with E-state index in [1.165, 1.54) is 0 Å². The maximum atomic E-state index is 3.92. The molecular weight excluding hydrogens is 208 g/mol. The average molecular weight is 230 g/mol. The van der Waals surface area contributed by atoms with Gasteiger partial charge in [0.05, 0.1) is 0 Å². The van der Waals surface area contributed by atoms with E-state index in [0.29, 0.717) is 5.25 Å². The van der Waals surface area contributed by atoms with Crippen LogP contribution in [0.3, 0.4) is 0 Å². The third-order valence-electron chi connectivity index (χ3n) is 0.933. The lowest BCUT2D eigenvalue weighted by atomic mass is 10.4. The summed E-state index contributed by atoms with van der Waals surface area (Å²) < 4.78 is 0. The lowest BCUT2D eigenvalue weighted by molar-refractivity contribution is 1.12. The van der Waals surface area contributed by atoms with Crippen molar-refractivity contribution in [2.75, 3.05) is 0 Å². The first-order valence-corrected chi connectivity index (χ1v) is 7.19. The molecular formula is C12H22S2. The Labute approximate surface area is 97.3 Å². The summed E-state index contributed by atoms with van der Waals surface area (Å²) in [4.78, 5) is 1.10. The quantitative estimate of drug-likeness (QED) is 0.455. The highest BCUT2D eigenvalue weighted by Crippen LogP contribution is 2.32. The Hall–Kier alpha value is -0.0800. The monoisotopic (exact) mass is 230 g/mol. The molecule has 0 radical (unpaired) electrons. The van der Waals surface area contributed by atoms with Crippen molar-refractivity contribution in [3.8, 4) is 0 Å². The van der Waals surface area contributed by atoms with E-state index < -0.39 is 0 Å². The molecule has 0 atom stereocenters. The van der Waals surface area contributed by atoms with Gasteiger partial charge in [0.25, 0.3) is 0 Å². The number of allylic oxidation sites excluding steroid dienone is 4. The molecule has 0 heterocycles. The van der Waals surface area contributed by atoms with E-state index in [1.807, 2.05) is 55.9 Å². The Balaban J connectivity index is 0. The molecule has 0 aliphatic heterocycles. The fourth-order valence-corrected chi connectivity index (χ4v) is 2.02. The lowest BCUT2D eigenvalue weighted by Crippen LogP contribution is -1.80. The van der Waals surface area contributed by atoms with Gasteiger partial charge in [-0.05, 0) is 13.0 Å². The van der Waals surface area contributed by atoms with Gasteiger partial charge in [-0.2, -0.15) is 0 Å². The summed E-state index contributed by atoms with van der Waals surface area (Å²) in [6.45, 7) is 14.3. The Morgan fingerprint density at radius 2 is 1.79 bits per heavy atom. The molecule has 0 aromatic heterocycles. The molecule has 0 rings (SSSR count). The minimum absolute atomic E-state index is 0.655. The molecule has 0 amide bonds. The molecule has 2 heteroatoms. The molecule has 0 unspecified atom stereocenters. The van der Waals surface area contributed by atoms with Gasteiger partial charge in [0.1, 0.15) is 0 Å². The summed E-state index contributed by atoms with van der Waals surface area (Å²) in [5.74, 6) is 0. The maximum absolute atomic E-state index is 3.92. The van der Waals surface area contributed by atoms with Crippen LogP contribution in [0.4, 0.5) is 0 Å². The van der Waals surface area contributed by atoms with Crippen LogP contribution in [0.25, 0.3) is 0 Å². The van der Waals surface area contributed by atoms with Gasteiger partial charge >= 0.3 is 0 Å². The van der Waals surface area contributed by atoms with E-state index in [-0.39, 0.29) is 0 Å². The Bertz CT molecular complexity index is 179. The molecule has 0 nitrogen and oxygen atoms in total. The molecule has 0 N–H and O–H groups in total. The summed E-state index contributed by atoms with van der Waals surface area (Å²) in [5.41, 5.74) is 0. The summed E-state index contributed by atoms with van der Waals surface area (Å²) in [5, 5.41) is 0.655. The fraction of sp³-hybridized carbons (Fsp3) is 0.500. The van der Waals surface area contributed by atoms with E-state index >= 15 is 0 Å². The number of rotatable bonds is 5. The zero-order valence-corrected chi connectivity index (χ0v) is 11.5. The molecule has 0 saturated heterocycles. The average Bonchev–Trinajstić information content (AvgIpc) is 2.18. The normalized spacial score (nSPS) is 10.7. The van der Waals surface area contributed by atoms with Crippen LogP contribution in [0, 0.1) is 0 Å². The fourth-order valence-electron chi connectivity index (χ4n) is 0.460.